The van der Waals surface area contributed by atoms with E-state index in [4.69, 9.17) is 4.74 Å². The molecule has 1 aromatic carbocycles. The highest BCUT2D eigenvalue weighted by atomic mass is 19.1. The highest BCUT2D eigenvalue weighted by molar-refractivity contribution is 5.50. The first-order valence-corrected chi connectivity index (χ1v) is 6.24. The molecule has 0 N–H and O–H groups in total. The van der Waals surface area contributed by atoms with Gasteiger partial charge in [0.05, 0.1) is 6.10 Å². The molecule has 0 amide bonds. The van der Waals surface area contributed by atoms with Crippen molar-refractivity contribution in [2.75, 3.05) is 6.61 Å². The SMILES string of the molecule is C/C=C/c1ccc(C2CCC(C)CO2)cc1F. The van der Waals surface area contributed by atoms with Gasteiger partial charge < -0.3 is 4.74 Å². The van der Waals surface area contributed by atoms with Crippen LogP contribution in [0.2, 0.25) is 0 Å². The lowest BCUT2D eigenvalue weighted by molar-refractivity contribution is -0.0125. The van der Waals surface area contributed by atoms with E-state index >= 15 is 0 Å². The number of ether oxygens (including phenoxy) is 1. The molecule has 0 radical (unpaired) electrons. The standard InChI is InChI=1S/C15H19FO/c1-3-4-12-6-7-13(9-14(12)16)15-8-5-11(2)10-17-15/h3-4,6-7,9,11,15H,5,8,10H2,1-2H3/b4-3+. The molecule has 0 aliphatic carbocycles. The Morgan fingerprint density at radius 2 is 2.18 bits per heavy atom. The largest absolute Gasteiger partial charge is 0.373 e. The van der Waals surface area contributed by atoms with Crippen molar-refractivity contribution in [2.45, 2.75) is 32.8 Å². The van der Waals surface area contributed by atoms with Crippen molar-refractivity contribution in [2.24, 2.45) is 5.92 Å². The van der Waals surface area contributed by atoms with E-state index in [1.165, 1.54) is 0 Å². The zero-order chi connectivity index (χ0) is 12.3. The predicted molar refractivity (Wildman–Crippen MR) is 68.2 cm³/mol. The zero-order valence-electron chi connectivity index (χ0n) is 10.4. The summed E-state index contributed by atoms with van der Waals surface area (Å²) in [6.45, 7) is 4.85. The van der Waals surface area contributed by atoms with Gasteiger partial charge in [-0.05, 0) is 37.3 Å². The Morgan fingerprint density at radius 1 is 1.35 bits per heavy atom. The van der Waals surface area contributed by atoms with Gasteiger partial charge in [0, 0.05) is 12.2 Å². The van der Waals surface area contributed by atoms with Crippen LogP contribution in [-0.4, -0.2) is 6.61 Å². The van der Waals surface area contributed by atoms with Crippen LogP contribution >= 0.6 is 0 Å². The van der Waals surface area contributed by atoms with Gasteiger partial charge in [0.25, 0.3) is 0 Å². The first kappa shape index (κ1) is 12.3. The number of rotatable bonds is 2. The summed E-state index contributed by atoms with van der Waals surface area (Å²) < 4.78 is 19.5. The van der Waals surface area contributed by atoms with Crippen molar-refractivity contribution in [3.05, 3.63) is 41.2 Å². The van der Waals surface area contributed by atoms with Gasteiger partial charge in [0.1, 0.15) is 5.82 Å². The lowest BCUT2D eigenvalue weighted by Gasteiger charge is -2.27. The maximum Gasteiger partial charge on any atom is 0.130 e. The molecule has 1 fully saturated rings. The smallest absolute Gasteiger partial charge is 0.130 e. The molecule has 2 heteroatoms. The van der Waals surface area contributed by atoms with Gasteiger partial charge in [0.15, 0.2) is 0 Å². The molecule has 0 aromatic heterocycles. The third-order valence-corrected chi connectivity index (χ3v) is 3.25. The summed E-state index contributed by atoms with van der Waals surface area (Å²) in [5, 5.41) is 0. The molecule has 2 atom stereocenters. The molecule has 1 aliphatic rings. The molecule has 2 unspecified atom stereocenters. The first-order valence-electron chi connectivity index (χ1n) is 6.24. The summed E-state index contributed by atoms with van der Waals surface area (Å²) in [7, 11) is 0. The van der Waals surface area contributed by atoms with Crippen LogP contribution in [0, 0.1) is 11.7 Å². The maximum absolute atomic E-state index is 13.8. The third-order valence-electron chi connectivity index (χ3n) is 3.25. The van der Waals surface area contributed by atoms with Crippen LogP contribution in [0.1, 0.15) is 43.9 Å². The maximum atomic E-state index is 13.8. The van der Waals surface area contributed by atoms with Crippen molar-refractivity contribution >= 4 is 6.08 Å². The summed E-state index contributed by atoms with van der Waals surface area (Å²) in [5.41, 5.74) is 1.60. The van der Waals surface area contributed by atoms with Crippen LogP contribution in [0.4, 0.5) is 4.39 Å². The fourth-order valence-electron chi connectivity index (χ4n) is 2.20. The van der Waals surface area contributed by atoms with Crippen molar-refractivity contribution in [3.8, 4) is 0 Å². The highest BCUT2D eigenvalue weighted by Crippen LogP contribution is 2.31. The van der Waals surface area contributed by atoms with Crippen LogP contribution in [0.25, 0.3) is 6.08 Å². The predicted octanol–water partition coefficient (Wildman–Crippen LogP) is 4.35. The molecule has 0 spiro atoms. The number of halogens is 1. The van der Waals surface area contributed by atoms with Crippen LogP contribution < -0.4 is 0 Å². The Morgan fingerprint density at radius 3 is 2.76 bits per heavy atom. The van der Waals surface area contributed by atoms with Crippen molar-refractivity contribution in [1.82, 2.24) is 0 Å². The third kappa shape index (κ3) is 2.95. The van der Waals surface area contributed by atoms with Crippen LogP contribution in [0.3, 0.4) is 0 Å². The van der Waals surface area contributed by atoms with E-state index in [9.17, 15) is 4.39 Å². The molecule has 1 nitrogen and oxygen atoms in total. The minimum atomic E-state index is -0.164. The molecule has 0 saturated carbocycles. The van der Waals surface area contributed by atoms with Gasteiger partial charge in [-0.1, -0.05) is 31.2 Å². The van der Waals surface area contributed by atoms with E-state index < -0.39 is 0 Å². The summed E-state index contributed by atoms with van der Waals surface area (Å²) in [4.78, 5) is 0. The second-order valence-electron chi connectivity index (χ2n) is 4.79. The second kappa shape index (κ2) is 5.46. The van der Waals surface area contributed by atoms with Gasteiger partial charge >= 0.3 is 0 Å². The van der Waals surface area contributed by atoms with Gasteiger partial charge in [-0.2, -0.15) is 0 Å². The lowest BCUT2D eigenvalue weighted by atomic mass is 9.95. The molecule has 1 heterocycles. The molecule has 1 aromatic rings. The minimum absolute atomic E-state index is 0.0698. The number of benzene rings is 1. The second-order valence-corrected chi connectivity index (χ2v) is 4.79. The average Bonchev–Trinajstić information content (AvgIpc) is 2.33. The highest BCUT2D eigenvalue weighted by Gasteiger charge is 2.20. The molecule has 2 rings (SSSR count). The van der Waals surface area contributed by atoms with Crippen molar-refractivity contribution in [1.29, 1.82) is 0 Å². The Balaban J connectivity index is 2.14. The molecule has 1 saturated heterocycles. The first-order chi connectivity index (χ1) is 8.20. The van der Waals surface area contributed by atoms with E-state index in [-0.39, 0.29) is 11.9 Å². The van der Waals surface area contributed by atoms with E-state index in [1.807, 2.05) is 25.1 Å². The monoisotopic (exact) mass is 234 g/mol. The fraction of sp³-hybridized carbons (Fsp3) is 0.467. The van der Waals surface area contributed by atoms with Crippen LogP contribution in [-0.2, 0) is 4.74 Å². The summed E-state index contributed by atoms with van der Waals surface area (Å²) in [6.07, 6.45) is 5.84. The van der Waals surface area contributed by atoms with E-state index in [2.05, 4.69) is 6.92 Å². The Hall–Kier alpha value is -1.15. The van der Waals surface area contributed by atoms with E-state index in [0.29, 0.717) is 11.5 Å². The molecular weight excluding hydrogens is 215 g/mol. The number of hydrogen-bond acceptors (Lipinski definition) is 1. The number of hydrogen-bond donors (Lipinski definition) is 0. The molecule has 1 aliphatic heterocycles. The fourth-order valence-corrected chi connectivity index (χ4v) is 2.20. The summed E-state index contributed by atoms with van der Waals surface area (Å²) >= 11 is 0. The van der Waals surface area contributed by atoms with Gasteiger partial charge in [0.2, 0.25) is 0 Å². The quantitative estimate of drug-likeness (QED) is 0.739. The Kier molecular flexibility index (Phi) is 3.95. The van der Waals surface area contributed by atoms with Crippen LogP contribution in [0.5, 0.6) is 0 Å². The van der Waals surface area contributed by atoms with Gasteiger partial charge in [-0.3, -0.25) is 0 Å². The van der Waals surface area contributed by atoms with Crippen molar-refractivity contribution < 1.29 is 9.13 Å². The van der Waals surface area contributed by atoms with E-state index in [0.717, 1.165) is 25.0 Å². The topological polar surface area (TPSA) is 9.23 Å². The lowest BCUT2D eigenvalue weighted by Crippen LogP contribution is -2.18. The molecule has 17 heavy (non-hydrogen) atoms. The van der Waals surface area contributed by atoms with E-state index in [1.54, 1.807) is 12.1 Å². The van der Waals surface area contributed by atoms with Crippen molar-refractivity contribution in [3.63, 3.8) is 0 Å². The summed E-state index contributed by atoms with van der Waals surface area (Å²) in [5.74, 6) is 0.459. The zero-order valence-corrected chi connectivity index (χ0v) is 10.4. The Labute approximate surface area is 102 Å². The van der Waals surface area contributed by atoms with Gasteiger partial charge in [-0.15, -0.1) is 0 Å². The normalized spacial score (nSPS) is 25.4. The minimum Gasteiger partial charge on any atom is -0.373 e. The molecule has 92 valence electrons. The Bertz CT molecular complexity index is 403. The summed E-state index contributed by atoms with van der Waals surface area (Å²) in [6, 6.07) is 5.40. The average molecular weight is 234 g/mol. The number of allylic oxidation sites excluding steroid dienone is 1. The van der Waals surface area contributed by atoms with Crippen LogP contribution in [0.15, 0.2) is 24.3 Å². The molecule has 0 bridgehead atoms. The van der Waals surface area contributed by atoms with Gasteiger partial charge in [-0.25, -0.2) is 4.39 Å². The molecular formula is C15H19FO.